The molecule has 0 aliphatic heterocycles. The molecule has 57 heavy (non-hydrogen) atoms. The Kier molecular flexibility index (Phi) is 7.71. The molecule has 0 aliphatic rings. The number of hydrogen-bond donors (Lipinski definition) is 0. The standard InChI is InChI=1S/C51H32N6/c1-5-15-33(16-6-1)39-29-41(35-19-9-3-10-20-35)52-43(31-39)49-54-50(44-32-40(34-17-7-2-8-18-34)30-42(53-44)36-21-11-4-12-22-36)56-51(55-49)57-45-25-13-23-37-27-28-38-24-14-26-46(57)48(38)47(37)45/h1-32H. The van der Waals surface area contributed by atoms with E-state index < -0.39 is 0 Å². The lowest BCUT2D eigenvalue weighted by Crippen LogP contribution is -2.08. The summed E-state index contributed by atoms with van der Waals surface area (Å²) in [5, 5.41) is 4.69. The molecule has 11 aromatic rings. The molecule has 0 saturated carbocycles. The van der Waals surface area contributed by atoms with E-state index >= 15 is 0 Å². The summed E-state index contributed by atoms with van der Waals surface area (Å²) in [5.41, 5.74) is 11.2. The van der Waals surface area contributed by atoms with Gasteiger partial charge in [-0.25, -0.2) is 15.0 Å². The number of pyridine rings is 2. The topological polar surface area (TPSA) is 69.4 Å². The highest BCUT2D eigenvalue weighted by molar-refractivity contribution is 6.24. The minimum atomic E-state index is 0.452. The van der Waals surface area contributed by atoms with Gasteiger partial charge in [0.1, 0.15) is 11.4 Å². The van der Waals surface area contributed by atoms with Crippen molar-refractivity contribution in [3.05, 3.63) is 194 Å². The number of aromatic nitrogens is 6. The summed E-state index contributed by atoms with van der Waals surface area (Å²) in [6, 6.07) is 66.9. The number of rotatable bonds is 7. The first-order chi connectivity index (χ1) is 28.2. The fourth-order valence-electron chi connectivity index (χ4n) is 7.93. The fourth-order valence-corrected chi connectivity index (χ4v) is 7.93. The van der Waals surface area contributed by atoms with Crippen LogP contribution in [0.25, 0.3) is 106 Å². The molecule has 6 heteroatoms. The highest BCUT2D eigenvalue weighted by Gasteiger charge is 2.22. The Morgan fingerprint density at radius 3 is 1.09 bits per heavy atom. The second-order valence-electron chi connectivity index (χ2n) is 14.2. The van der Waals surface area contributed by atoms with Crippen LogP contribution in [0.15, 0.2) is 194 Å². The van der Waals surface area contributed by atoms with E-state index in [0.717, 1.165) is 55.8 Å². The van der Waals surface area contributed by atoms with Gasteiger partial charge < -0.3 is 0 Å². The molecule has 0 radical (unpaired) electrons. The molecule has 6 nitrogen and oxygen atoms in total. The maximum absolute atomic E-state index is 5.31. The maximum Gasteiger partial charge on any atom is 0.238 e. The van der Waals surface area contributed by atoms with Crippen molar-refractivity contribution in [1.29, 1.82) is 0 Å². The molecule has 0 spiro atoms. The lowest BCUT2D eigenvalue weighted by Gasteiger charge is -2.14. The van der Waals surface area contributed by atoms with Crippen molar-refractivity contribution in [2.75, 3.05) is 0 Å². The fraction of sp³-hybridized carbons (Fsp3) is 0. The van der Waals surface area contributed by atoms with Gasteiger partial charge in [0.05, 0.1) is 22.4 Å². The van der Waals surface area contributed by atoms with Crippen molar-refractivity contribution in [3.63, 3.8) is 0 Å². The summed E-state index contributed by atoms with van der Waals surface area (Å²) in [4.78, 5) is 26.4. The van der Waals surface area contributed by atoms with Crippen LogP contribution in [0.5, 0.6) is 0 Å². The van der Waals surface area contributed by atoms with Crippen LogP contribution in [-0.4, -0.2) is 29.5 Å². The Bertz CT molecular complexity index is 2890. The minimum absolute atomic E-state index is 0.452. The van der Waals surface area contributed by atoms with Gasteiger partial charge in [0.25, 0.3) is 0 Å². The number of benzene rings is 7. The van der Waals surface area contributed by atoms with Crippen LogP contribution in [0.3, 0.4) is 0 Å². The van der Waals surface area contributed by atoms with Crippen molar-refractivity contribution in [3.8, 4) is 73.8 Å². The molecule has 0 saturated heterocycles. The Morgan fingerprint density at radius 1 is 0.281 bits per heavy atom. The van der Waals surface area contributed by atoms with E-state index in [0.29, 0.717) is 29.0 Å². The van der Waals surface area contributed by atoms with Crippen molar-refractivity contribution in [2.45, 2.75) is 0 Å². The summed E-state index contributed by atoms with van der Waals surface area (Å²) < 4.78 is 2.16. The van der Waals surface area contributed by atoms with Gasteiger partial charge in [-0.3, -0.25) is 4.57 Å². The molecular weight excluding hydrogens is 697 g/mol. The van der Waals surface area contributed by atoms with Crippen molar-refractivity contribution in [1.82, 2.24) is 29.5 Å². The quantitative estimate of drug-likeness (QED) is 0.153. The molecule has 0 bridgehead atoms. The third-order valence-corrected chi connectivity index (χ3v) is 10.6. The predicted molar refractivity (Wildman–Crippen MR) is 231 cm³/mol. The second-order valence-corrected chi connectivity index (χ2v) is 14.2. The van der Waals surface area contributed by atoms with E-state index in [-0.39, 0.29) is 0 Å². The number of nitrogens with zero attached hydrogens (tertiary/aromatic N) is 6. The monoisotopic (exact) mass is 728 g/mol. The lowest BCUT2D eigenvalue weighted by molar-refractivity contribution is 0.944. The van der Waals surface area contributed by atoms with Gasteiger partial charge in [0.15, 0.2) is 11.6 Å². The molecule has 4 heterocycles. The molecule has 0 N–H and O–H groups in total. The zero-order valence-corrected chi connectivity index (χ0v) is 30.7. The van der Waals surface area contributed by atoms with Crippen molar-refractivity contribution >= 4 is 32.6 Å². The molecule has 11 rings (SSSR count). The van der Waals surface area contributed by atoms with Gasteiger partial charge in [-0.1, -0.05) is 158 Å². The summed E-state index contributed by atoms with van der Waals surface area (Å²) >= 11 is 0. The van der Waals surface area contributed by atoms with E-state index in [1.54, 1.807) is 0 Å². The molecule has 7 aromatic carbocycles. The molecule has 4 aromatic heterocycles. The van der Waals surface area contributed by atoms with E-state index in [9.17, 15) is 0 Å². The van der Waals surface area contributed by atoms with Gasteiger partial charge in [0.2, 0.25) is 5.95 Å². The first-order valence-corrected chi connectivity index (χ1v) is 19.0. The number of hydrogen-bond acceptors (Lipinski definition) is 5. The van der Waals surface area contributed by atoms with Crippen LogP contribution in [-0.2, 0) is 0 Å². The van der Waals surface area contributed by atoms with Crippen LogP contribution < -0.4 is 0 Å². The lowest BCUT2D eigenvalue weighted by atomic mass is 10.0. The average Bonchev–Trinajstić information content (AvgIpc) is 3.65. The Morgan fingerprint density at radius 2 is 0.667 bits per heavy atom. The highest BCUT2D eigenvalue weighted by Crippen LogP contribution is 2.39. The van der Waals surface area contributed by atoms with Crippen LogP contribution in [0, 0.1) is 0 Å². The van der Waals surface area contributed by atoms with Crippen molar-refractivity contribution in [2.24, 2.45) is 0 Å². The maximum atomic E-state index is 5.31. The van der Waals surface area contributed by atoms with Gasteiger partial charge in [-0.05, 0) is 69.4 Å². The van der Waals surface area contributed by atoms with E-state index in [1.165, 1.54) is 21.5 Å². The van der Waals surface area contributed by atoms with Gasteiger partial charge in [-0.2, -0.15) is 9.97 Å². The van der Waals surface area contributed by atoms with Gasteiger partial charge >= 0.3 is 0 Å². The van der Waals surface area contributed by atoms with Crippen LogP contribution in [0.4, 0.5) is 0 Å². The zero-order valence-electron chi connectivity index (χ0n) is 30.7. The molecular formula is C51H32N6. The molecule has 0 fully saturated rings. The van der Waals surface area contributed by atoms with Gasteiger partial charge in [-0.15, -0.1) is 0 Å². The Balaban J connectivity index is 1.21. The summed E-state index contributed by atoms with van der Waals surface area (Å²) in [7, 11) is 0. The highest BCUT2D eigenvalue weighted by atomic mass is 15.2. The largest absolute Gasteiger partial charge is 0.278 e. The summed E-state index contributed by atoms with van der Waals surface area (Å²) in [6.07, 6.45) is 0. The van der Waals surface area contributed by atoms with E-state index in [1.807, 2.05) is 48.5 Å². The Hall–Kier alpha value is -7.83. The van der Waals surface area contributed by atoms with Crippen molar-refractivity contribution < 1.29 is 0 Å². The normalized spacial score (nSPS) is 11.5. The molecule has 0 atom stereocenters. The Labute approximate surface area is 328 Å². The molecule has 0 amide bonds. The van der Waals surface area contributed by atoms with Crippen LogP contribution in [0.1, 0.15) is 0 Å². The van der Waals surface area contributed by atoms with Gasteiger partial charge in [0, 0.05) is 21.9 Å². The smallest absolute Gasteiger partial charge is 0.238 e. The van der Waals surface area contributed by atoms with E-state index in [4.69, 9.17) is 24.9 Å². The second kappa shape index (κ2) is 13.5. The molecule has 266 valence electrons. The van der Waals surface area contributed by atoms with Crippen LogP contribution in [0.2, 0.25) is 0 Å². The molecule has 0 aliphatic carbocycles. The average molecular weight is 729 g/mol. The van der Waals surface area contributed by atoms with Crippen LogP contribution >= 0.6 is 0 Å². The predicted octanol–water partition coefficient (Wildman–Crippen LogP) is 12.4. The zero-order chi connectivity index (χ0) is 37.7. The minimum Gasteiger partial charge on any atom is -0.278 e. The molecule has 0 unspecified atom stereocenters. The summed E-state index contributed by atoms with van der Waals surface area (Å²) in [6.45, 7) is 0. The third kappa shape index (κ3) is 5.79. The summed E-state index contributed by atoms with van der Waals surface area (Å²) in [5.74, 6) is 1.40. The third-order valence-electron chi connectivity index (χ3n) is 10.6. The van der Waals surface area contributed by atoms with E-state index in [2.05, 4.69) is 150 Å². The first kappa shape index (κ1) is 32.6. The first-order valence-electron chi connectivity index (χ1n) is 19.0. The SMILES string of the molecule is c1ccc(-c2cc(-c3ccccc3)nc(-c3nc(-c4cc(-c5ccccc5)cc(-c5ccccc5)n4)nc(-n4c5cccc6ccc7cccc4c7c65)n3)c2)cc1.